The minimum absolute atomic E-state index is 0.176. The Balaban J connectivity index is 1.66. The molecule has 2 aliphatic heterocycles. The van der Waals surface area contributed by atoms with Crippen molar-refractivity contribution in [2.24, 2.45) is 11.3 Å². The summed E-state index contributed by atoms with van der Waals surface area (Å²) in [5.41, 5.74) is 1.38. The van der Waals surface area contributed by atoms with Gasteiger partial charge in [-0.2, -0.15) is 5.10 Å². The van der Waals surface area contributed by atoms with Crippen LogP contribution < -0.4 is 0 Å². The van der Waals surface area contributed by atoms with Crippen molar-refractivity contribution in [3.05, 3.63) is 47.0 Å². The Bertz CT molecular complexity index is 940. The predicted molar refractivity (Wildman–Crippen MR) is 97.9 cm³/mol. The van der Waals surface area contributed by atoms with Crippen LogP contribution in [-0.2, 0) is 9.53 Å². The van der Waals surface area contributed by atoms with Crippen LogP contribution in [0, 0.1) is 31.0 Å². The number of nitrogens with zero attached hydrogens (tertiary/aromatic N) is 3. The molecule has 0 spiro atoms. The molecule has 1 aromatic carbocycles. The van der Waals surface area contributed by atoms with E-state index in [1.54, 1.807) is 35.6 Å². The number of aryl methyl sites for hydroxylation is 1. The number of hydrogen-bond acceptors (Lipinski definition) is 4. The van der Waals surface area contributed by atoms with E-state index in [2.05, 4.69) is 5.10 Å². The van der Waals surface area contributed by atoms with Crippen LogP contribution in [0.4, 0.5) is 4.39 Å². The molecule has 0 bridgehead atoms. The molecule has 4 rings (SSSR count). The molecule has 2 aromatic rings. The molecule has 1 aromatic heterocycles. The number of rotatable bonds is 3. The highest BCUT2D eigenvalue weighted by molar-refractivity contribution is 5.97. The van der Waals surface area contributed by atoms with Crippen molar-refractivity contribution in [1.82, 2.24) is 14.7 Å². The van der Waals surface area contributed by atoms with Gasteiger partial charge in [-0.25, -0.2) is 9.07 Å². The minimum atomic E-state index is -0.942. The number of hydrogen-bond donors (Lipinski definition) is 1. The molecule has 0 unspecified atom stereocenters. The summed E-state index contributed by atoms with van der Waals surface area (Å²) in [5.74, 6) is -1.65. The number of benzene rings is 1. The first kappa shape index (κ1) is 18.6. The lowest BCUT2D eigenvalue weighted by molar-refractivity contribution is -0.157. The van der Waals surface area contributed by atoms with Crippen molar-refractivity contribution in [2.75, 3.05) is 26.3 Å². The summed E-state index contributed by atoms with van der Waals surface area (Å²) in [6.45, 7) is 4.81. The highest BCUT2D eigenvalue weighted by Crippen LogP contribution is 2.43. The molecular formula is C20H22FN3O4. The SMILES string of the molecule is Cc1nn(-c2ccc(F)cc2)c(C)c1C(=O)N1C[C@H]2COCC[C@@]2(C(=O)O)C1. The molecule has 1 amide bonds. The van der Waals surface area contributed by atoms with Crippen LogP contribution in [0.1, 0.15) is 28.2 Å². The molecule has 0 aliphatic carbocycles. The van der Waals surface area contributed by atoms with Gasteiger partial charge in [0, 0.05) is 25.6 Å². The van der Waals surface area contributed by atoms with Gasteiger partial charge in [0.1, 0.15) is 5.82 Å². The molecule has 2 fully saturated rings. The van der Waals surface area contributed by atoms with Crippen LogP contribution in [0.25, 0.3) is 5.69 Å². The first-order chi connectivity index (χ1) is 13.3. The first-order valence-corrected chi connectivity index (χ1v) is 9.26. The van der Waals surface area contributed by atoms with E-state index in [0.29, 0.717) is 48.8 Å². The number of carboxylic acid groups (broad SMARTS) is 1. The van der Waals surface area contributed by atoms with Crippen molar-refractivity contribution < 1.29 is 23.8 Å². The molecule has 1 N–H and O–H groups in total. The summed E-state index contributed by atoms with van der Waals surface area (Å²) in [4.78, 5) is 26.9. The van der Waals surface area contributed by atoms with Gasteiger partial charge in [0.05, 0.1) is 34.7 Å². The zero-order valence-electron chi connectivity index (χ0n) is 15.8. The number of aliphatic carboxylic acids is 1. The van der Waals surface area contributed by atoms with E-state index in [0.717, 1.165) is 0 Å². The third-order valence-electron chi connectivity index (χ3n) is 6.00. The predicted octanol–water partition coefficient (Wildman–Crippen LogP) is 2.19. The second-order valence-electron chi connectivity index (χ2n) is 7.60. The van der Waals surface area contributed by atoms with E-state index >= 15 is 0 Å². The van der Waals surface area contributed by atoms with E-state index in [9.17, 15) is 19.1 Å². The minimum Gasteiger partial charge on any atom is -0.481 e. The van der Waals surface area contributed by atoms with Crippen molar-refractivity contribution >= 4 is 11.9 Å². The maximum atomic E-state index is 13.3. The van der Waals surface area contributed by atoms with Crippen molar-refractivity contribution in [3.63, 3.8) is 0 Å². The van der Waals surface area contributed by atoms with Gasteiger partial charge in [0.15, 0.2) is 0 Å². The molecule has 148 valence electrons. The summed E-state index contributed by atoms with van der Waals surface area (Å²) in [5, 5.41) is 14.3. The fourth-order valence-corrected chi connectivity index (χ4v) is 4.40. The molecule has 3 heterocycles. The topological polar surface area (TPSA) is 84.7 Å². The largest absolute Gasteiger partial charge is 0.481 e. The van der Waals surface area contributed by atoms with Gasteiger partial charge in [-0.1, -0.05) is 0 Å². The lowest BCUT2D eigenvalue weighted by Crippen LogP contribution is -2.45. The van der Waals surface area contributed by atoms with Crippen molar-refractivity contribution in [3.8, 4) is 5.69 Å². The van der Waals surface area contributed by atoms with Gasteiger partial charge in [-0.05, 0) is 44.5 Å². The Morgan fingerprint density at radius 1 is 1.29 bits per heavy atom. The van der Waals surface area contributed by atoms with E-state index < -0.39 is 11.4 Å². The number of halogens is 1. The summed E-state index contributed by atoms with van der Waals surface area (Å²) < 4.78 is 20.3. The second-order valence-corrected chi connectivity index (χ2v) is 7.60. The fraction of sp³-hybridized carbons (Fsp3) is 0.450. The van der Waals surface area contributed by atoms with Gasteiger partial charge in [0.2, 0.25) is 0 Å². The zero-order valence-corrected chi connectivity index (χ0v) is 15.8. The molecule has 0 saturated carbocycles. The molecule has 2 saturated heterocycles. The number of carboxylic acids is 1. The van der Waals surface area contributed by atoms with E-state index in [4.69, 9.17) is 4.74 Å². The van der Waals surface area contributed by atoms with Gasteiger partial charge < -0.3 is 14.7 Å². The monoisotopic (exact) mass is 387 g/mol. The number of amides is 1. The summed E-state index contributed by atoms with van der Waals surface area (Å²) in [6.07, 6.45) is 0.406. The smallest absolute Gasteiger partial charge is 0.311 e. The van der Waals surface area contributed by atoms with Crippen molar-refractivity contribution in [2.45, 2.75) is 20.3 Å². The quantitative estimate of drug-likeness (QED) is 0.873. The molecule has 2 atom stereocenters. The first-order valence-electron chi connectivity index (χ1n) is 9.26. The third kappa shape index (κ3) is 2.79. The Morgan fingerprint density at radius 2 is 2.00 bits per heavy atom. The second kappa shape index (κ2) is 6.70. The number of carbonyl (C=O) groups is 2. The average molecular weight is 387 g/mol. The third-order valence-corrected chi connectivity index (χ3v) is 6.00. The Kier molecular flexibility index (Phi) is 4.45. The average Bonchev–Trinajstić information content (AvgIpc) is 3.21. The molecule has 28 heavy (non-hydrogen) atoms. The lowest BCUT2D eigenvalue weighted by atomic mass is 9.74. The zero-order chi connectivity index (χ0) is 20.1. The van der Waals surface area contributed by atoms with Crippen LogP contribution in [0.2, 0.25) is 0 Å². The van der Waals surface area contributed by atoms with Crippen molar-refractivity contribution in [1.29, 1.82) is 0 Å². The number of ether oxygens (including phenoxy) is 1. The number of carbonyl (C=O) groups excluding carboxylic acids is 1. The highest BCUT2D eigenvalue weighted by atomic mass is 19.1. The molecule has 0 radical (unpaired) electrons. The van der Waals surface area contributed by atoms with Crippen LogP contribution >= 0.6 is 0 Å². The number of aromatic nitrogens is 2. The van der Waals surface area contributed by atoms with E-state index in [1.807, 2.05) is 0 Å². The van der Waals surface area contributed by atoms with Gasteiger partial charge in [-0.15, -0.1) is 0 Å². The normalized spacial score (nSPS) is 24.2. The Hall–Kier alpha value is -2.74. The van der Waals surface area contributed by atoms with Crippen LogP contribution in [0.5, 0.6) is 0 Å². The van der Waals surface area contributed by atoms with Crippen LogP contribution in [-0.4, -0.2) is 58.0 Å². The van der Waals surface area contributed by atoms with Crippen LogP contribution in [0.3, 0.4) is 0 Å². The summed E-state index contributed by atoms with van der Waals surface area (Å²) in [6, 6.07) is 5.89. The fourth-order valence-electron chi connectivity index (χ4n) is 4.40. The molecule has 2 aliphatic rings. The molecule has 8 heteroatoms. The molecule has 7 nitrogen and oxygen atoms in total. The summed E-state index contributed by atoms with van der Waals surface area (Å²) in [7, 11) is 0. The maximum absolute atomic E-state index is 13.3. The number of likely N-dealkylation sites (tertiary alicyclic amines) is 1. The Labute approximate surface area is 161 Å². The standard InChI is InChI=1S/C20H22FN3O4/c1-12-17(13(2)24(22-12)16-5-3-15(21)4-6-16)18(25)23-9-14-10-28-8-7-20(14,11-23)19(26)27/h3-6,14H,7-11H2,1-2H3,(H,26,27)/t14-,20+/m0/s1. The summed E-state index contributed by atoms with van der Waals surface area (Å²) >= 11 is 0. The van der Waals surface area contributed by atoms with E-state index in [1.165, 1.54) is 12.1 Å². The lowest BCUT2D eigenvalue weighted by Gasteiger charge is -2.33. The Morgan fingerprint density at radius 3 is 2.64 bits per heavy atom. The van der Waals surface area contributed by atoms with Gasteiger partial charge in [0.25, 0.3) is 5.91 Å². The molecular weight excluding hydrogens is 365 g/mol. The number of fused-ring (bicyclic) bond motifs is 1. The van der Waals surface area contributed by atoms with Gasteiger partial charge in [-0.3, -0.25) is 9.59 Å². The van der Waals surface area contributed by atoms with Gasteiger partial charge >= 0.3 is 5.97 Å². The highest BCUT2D eigenvalue weighted by Gasteiger charge is 2.55. The van der Waals surface area contributed by atoms with E-state index in [-0.39, 0.29) is 24.2 Å². The van der Waals surface area contributed by atoms with Crippen LogP contribution in [0.15, 0.2) is 24.3 Å². The maximum Gasteiger partial charge on any atom is 0.311 e.